The summed E-state index contributed by atoms with van der Waals surface area (Å²) in [5.41, 5.74) is 5.35. The number of oxazole rings is 1. The Kier molecular flexibility index (Phi) is 5.77. The van der Waals surface area contributed by atoms with Crippen LogP contribution in [-0.4, -0.2) is 26.8 Å². The van der Waals surface area contributed by atoms with Gasteiger partial charge in [-0.2, -0.15) is 0 Å². The van der Waals surface area contributed by atoms with E-state index in [-0.39, 0.29) is 17.6 Å². The topological polar surface area (TPSA) is 101 Å². The summed E-state index contributed by atoms with van der Waals surface area (Å²) < 4.78 is 5.41. The average Bonchev–Trinajstić information content (AvgIpc) is 3.51. The van der Waals surface area contributed by atoms with Gasteiger partial charge in [-0.1, -0.05) is 24.3 Å². The van der Waals surface area contributed by atoms with Gasteiger partial charge in [-0.05, 0) is 48.1 Å². The summed E-state index contributed by atoms with van der Waals surface area (Å²) in [5, 5.41) is 7.34. The van der Waals surface area contributed by atoms with Crippen LogP contribution in [0.2, 0.25) is 0 Å². The number of nitrogens with one attached hydrogen (secondary N) is 1. The number of aryl methyl sites for hydroxylation is 3. The predicted octanol–water partition coefficient (Wildman–Crippen LogP) is 5.69. The number of rotatable bonds is 5. The second kappa shape index (κ2) is 9.25. The van der Waals surface area contributed by atoms with Crippen molar-refractivity contribution in [1.82, 2.24) is 15.0 Å². The van der Waals surface area contributed by atoms with E-state index in [4.69, 9.17) is 4.42 Å². The van der Waals surface area contributed by atoms with Gasteiger partial charge in [0.05, 0.1) is 17.9 Å². The molecule has 6 rings (SSSR count). The summed E-state index contributed by atoms with van der Waals surface area (Å²) in [4.78, 5) is 40.3. The first-order valence-electron chi connectivity index (χ1n) is 11.9. The van der Waals surface area contributed by atoms with Crippen LogP contribution < -0.4 is 10.2 Å². The maximum absolute atomic E-state index is 13.0. The number of thiazole rings is 1. The number of nitrogens with zero attached hydrogens (tertiary/aromatic N) is 4. The molecule has 2 amide bonds. The minimum Gasteiger partial charge on any atom is -0.436 e. The third-order valence-corrected chi connectivity index (χ3v) is 7.27. The number of amides is 2. The van der Waals surface area contributed by atoms with Gasteiger partial charge in [-0.15, -0.1) is 11.3 Å². The van der Waals surface area contributed by atoms with Gasteiger partial charge in [-0.25, -0.2) is 9.97 Å². The van der Waals surface area contributed by atoms with Crippen LogP contribution >= 0.6 is 11.3 Å². The lowest BCUT2D eigenvalue weighted by Crippen LogP contribution is -2.34. The monoisotopic (exact) mass is 509 g/mol. The largest absolute Gasteiger partial charge is 0.436 e. The van der Waals surface area contributed by atoms with Crippen LogP contribution in [0, 0.1) is 13.8 Å². The average molecular weight is 510 g/mol. The highest BCUT2D eigenvalue weighted by Gasteiger charge is 2.25. The minimum absolute atomic E-state index is 0.114. The SMILES string of the molecule is Cc1nc(C)c(C(=O)Nc2nc(-c3ccc4c(c3)CCC(=O)N4Cc3cccc4cnccc34)cs2)o1. The standard InChI is InChI=1S/C28H23N5O3S/c1-16-26(36-17(2)30-16)27(35)32-28-31-23(15-37-28)18-6-8-24-19(12-18)7-9-25(34)33(24)14-21-5-3-4-20-13-29-11-10-22(20)21/h3-6,8,10-13,15H,7,9,14H2,1-2H3,(H,31,32,35). The molecule has 5 aromatic rings. The van der Waals surface area contributed by atoms with Crippen LogP contribution in [0.5, 0.6) is 0 Å². The molecule has 8 nitrogen and oxygen atoms in total. The maximum atomic E-state index is 13.0. The summed E-state index contributed by atoms with van der Waals surface area (Å²) in [6, 6.07) is 14.1. The van der Waals surface area contributed by atoms with Crippen molar-refractivity contribution in [2.24, 2.45) is 0 Å². The smallest absolute Gasteiger partial charge is 0.295 e. The summed E-state index contributed by atoms with van der Waals surface area (Å²) in [5.74, 6) is 0.377. The van der Waals surface area contributed by atoms with Gasteiger partial charge in [0.1, 0.15) is 0 Å². The second-order valence-electron chi connectivity index (χ2n) is 8.98. The van der Waals surface area contributed by atoms with E-state index in [1.807, 2.05) is 46.8 Å². The highest BCUT2D eigenvalue weighted by atomic mass is 32.1. The van der Waals surface area contributed by atoms with E-state index in [9.17, 15) is 9.59 Å². The molecule has 9 heteroatoms. The first-order chi connectivity index (χ1) is 18.0. The highest BCUT2D eigenvalue weighted by Crippen LogP contribution is 2.35. The van der Waals surface area contributed by atoms with Gasteiger partial charge in [-0.3, -0.25) is 19.9 Å². The molecule has 0 fully saturated rings. The molecule has 0 radical (unpaired) electrons. The van der Waals surface area contributed by atoms with Crippen molar-refractivity contribution in [1.29, 1.82) is 0 Å². The molecule has 0 saturated heterocycles. The van der Waals surface area contributed by atoms with Crippen molar-refractivity contribution in [3.63, 3.8) is 0 Å². The number of benzene rings is 2. The minimum atomic E-state index is -0.372. The maximum Gasteiger partial charge on any atom is 0.295 e. The number of carbonyl (C=O) groups excluding carboxylic acids is 2. The third kappa shape index (κ3) is 4.38. The molecule has 0 saturated carbocycles. The Labute approximate surface area is 217 Å². The fourth-order valence-electron chi connectivity index (χ4n) is 4.75. The number of hydrogen-bond donors (Lipinski definition) is 1. The molecule has 0 unspecified atom stereocenters. The molecule has 0 aliphatic carbocycles. The van der Waals surface area contributed by atoms with E-state index in [0.717, 1.165) is 38.8 Å². The third-order valence-electron chi connectivity index (χ3n) is 6.51. The summed E-state index contributed by atoms with van der Waals surface area (Å²) >= 11 is 1.35. The van der Waals surface area contributed by atoms with E-state index in [0.29, 0.717) is 36.1 Å². The Morgan fingerprint density at radius 2 is 2.03 bits per heavy atom. The molecule has 1 aliphatic heterocycles. The van der Waals surface area contributed by atoms with Crippen LogP contribution in [-0.2, 0) is 17.8 Å². The van der Waals surface area contributed by atoms with E-state index in [1.165, 1.54) is 11.3 Å². The summed E-state index contributed by atoms with van der Waals surface area (Å²) in [6.45, 7) is 3.94. The lowest BCUT2D eigenvalue weighted by Gasteiger charge is -2.30. The first kappa shape index (κ1) is 23.1. The second-order valence-corrected chi connectivity index (χ2v) is 9.83. The van der Waals surface area contributed by atoms with Crippen molar-refractivity contribution in [2.75, 3.05) is 10.2 Å². The summed E-state index contributed by atoms with van der Waals surface area (Å²) in [6.07, 6.45) is 4.75. The van der Waals surface area contributed by atoms with Crippen LogP contribution in [0.4, 0.5) is 10.8 Å². The first-order valence-corrected chi connectivity index (χ1v) is 12.8. The van der Waals surface area contributed by atoms with Crippen molar-refractivity contribution >= 4 is 44.7 Å². The molecule has 184 valence electrons. The number of aromatic nitrogens is 3. The number of fused-ring (bicyclic) bond motifs is 2. The van der Waals surface area contributed by atoms with Crippen molar-refractivity contribution in [3.05, 3.63) is 88.7 Å². The molecule has 0 spiro atoms. The Morgan fingerprint density at radius 1 is 1.14 bits per heavy atom. The predicted molar refractivity (Wildman–Crippen MR) is 143 cm³/mol. The molecule has 1 aliphatic rings. The molecular formula is C28H23N5O3S. The molecule has 3 aromatic heterocycles. The fraction of sp³-hybridized carbons (Fsp3) is 0.179. The Bertz CT molecular complexity index is 1670. The van der Waals surface area contributed by atoms with Crippen molar-refractivity contribution in [3.8, 4) is 11.3 Å². The number of anilines is 2. The van der Waals surface area contributed by atoms with E-state index < -0.39 is 0 Å². The lowest BCUT2D eigenvalue weighted by molar-refractivity contribution is -0.119. The van der Waals surface area contributed by atoms with E-state index in [2.05, 4.69) is 32.4 Å². The van der Waals surface area contributed by atoms with Crippen LogP contribution in [0.15, 0.2) is 64.7 Å². The molecular weight excluding hydrogens is 486 g/mol. The summed E-state index contributed by atoms with van der Waals surface area (Å²) in [7, 11) is 0. The van der Waals surface area contributed by atoms with Gasteiger partial charge >= 0.3 is 0 Å². The van der Waals surface area contributed by atoms with Crippen LogP contribution in [0.1, 0.15) is 39.7 Å². The molecule has 0 bridgehead atoms. The Balaban J connectivity index is 1.25. The molecule has 0 atom stereocenters. The van der Waals surface area contributed by atoms with Gasteiger partial charge in [0.25, 0.3) is 5.91 Å². The molecule has 4 heterocycles. The van der Waals surface area contributed by atoms with Gasteiger partial charge in [0.15, 0.2) is 11.0 Å². The zero-order valence-corrected chi connectivity index (χ0v) is 21.1. The molecule has 2 aromatic carbocycles. The zero-order chi connectivity index (χ0) is 25.5. The normalized spacial score (nSPS) is 13.1. The number of hydrogen-bond acceptors (Lipinski definition) is 7. The van der Waals surface area contributed by atoms with Gasteiger partial charge in [0.2, 0.25) is 11.7 Å². The molecule has 1 N–H and O–H groups in total. The fourth-order valence-corrected chi connectivity index (χ4v) is 5.46. The van der Waals surface area contributed by atoms with Crippen LogP contribution in [0.25, 0.3) is 22.0 Å². The number of pyridine rings is 1. The van der Waals surface area contributed by atoms with E-state index in [1.54, 1.807) is 20.0 Å². The van der Waals surface area contributed by atoms with Gasteiger partial charge in [0, 0.05) is 47.8 Å². The quantitative estimate of drug-likeness (QED) is 0.326. The highest BCUT2D eigenvalue weighted by molar-refractivity contribution is 7.14. The van der Waals surface area contributed by atoms with Crippen molar-refractivity contribution < 1.29 is 14.0 Å². The number of carbonyl (C=O) groups is 2. The van der Waals surface area contributed by atoms with E-state index >= 15 is 0 Å². The van der Waals surface area contributed by atoms with Crippen molar-refractivity contribution in [2.45, 2.75) is 33.2 Å². The Hall–Kier alpha value is -4.37. The van der Waals surface area contributed by atoms with Gasteiger partial charge < -0.3 is 9.32 Å². The molecule has 37 heavy (non-hydrogen) atoms. The lowest BCUT2D eigenvalue weighted by atomic mass is 9.96. The zero-order valence-electron chi connectivity index (χ0n) is 20.3. The Morgan fingerprint density at radius 3 is 2.86 bits per heavy atom. The van der Waals surface area contributed by atoms with Crippen LogP contribution in [0.3, 0.4) is 0 Å².